The fourth-order valence-electron chi connectivity index (χ4n) is 4.33. The van der Waals surface area contributed by atoms with Crippen molar-refractivity contribution in [1.82, 2.24) is 15.0 Å². The fourth-order valence-corrected chi connectivity index (χ4v) is 4.33. The molecule has 1 aromatic carbocycles. The Balaban J connectivity index is 1.32. The molecule has 3 heterocycles. The van der Waals surface area contributed by atoms with E-state index >= 15 is 0 Å². The highest BCUT2D eigenvalue weighted by molar-refractivity contribution is 5.58. The van der Waals surface area contributed by atoms with Gasteiger partial charge in [0.1, 0.15) is 5.75 Å². The number of rotatable bonds is 5. The predicted octanol–water partition coefficient (Wildman–Crippen LogP) is 3.07. The summed E-state index contributed by atoms with van der Waals surface area (Å²) in [5, 5.41) is 4.16. The number of piperidine rings is 1. The molecule has 152 valence electrons. The zero-order valence-corrected chi connectivity index (χ0v) is 17.0. The molecule has 28 heavy (non-hydrogen) atoms. The molecule has 2 aromatic rings. The van der Waals surface area contributed by atoms with E-state index in [1.54, 1.807) is 7.11 Å². The van der Waals surface area contributed by atoms with Gasteiger partial charge in [0.25, 0.3) is 0 Å². The SMILES string of the molecule is COc1cccc(-c2noc(N3CCC(CN4CC(C)OC(C)C4)CC3)n2)c1. The topological polar surface area (TPSA) is 63.9 Å². The molecule has 0 radical (unpaired) electrons. The summed E-state index contributed by atoms with van der Waals surface area (Å²) >= 11 is 0. The summed E-state index contributed by atoms with van der Waals surface area (Å²) in [5.41, 5.74) is 0.903. The molecular formula is C21H30N4O3. The second kappa shape index (κ2) is 8.49. The van der Waals surface area contributed by atoms with Crippen molar-refractivity contribution in [1.29, 1.82) is 0 Å². The summed E-state index contributed by atoms with van der Waals surface area (Å²) in [6.45, 7) is 9.49. The number of anilines is 1. The molecule has 2 aliphatic heterocycles. The summed E-state index contributed by atoms with van der Waals surface area (Å²) in [7, 11) is 1.66. The second-order valence-corrected chi connectivity index (χ2v) is 8.04. The predicted molar refractivity (Wildman–Crippen MR) is 108 cm³/mol. The van der Waals surface area contributed by atoms with Crippen LogP contribution in [0.2, 0.25) is 0 Å². The number of morpholine rings is 1. The van der Waals surface area contributed by atoms with Crippen molar-refractivity contribution in [3.63, 3.8) is 0 Å². The lowest BCUT2D eigenvalue weighted by Crippen LogP contribution is -2.48. The summed E-state index contributed by atoms with van der Waals surface area (Å²) in [5.74, 6) is 2.11. The Hall–Kier alpha value is -2.12. The van der Waals surface area contributed by atoms with Crippen LogP contribution in [-0.2, 0) is 4.74 Å². The minimum absolute atomic E-state index is 0.331. The van der Waals surface area contributed by atoms with Crippen LogP contribution in [0.4, 0.5) is 6.01 Å². The quantitative estimate of drug-likeness (QED) is 0.782. The standard InChI is InChI=1S/C21H30N4O3/c1-15-12-24(13-16(2)27-15)14-17-7-9-25(10-8-17)21-22-20(23-28-21)18-5-4-6-19(11-18)26-3/h4-6,11,15-17H,7-10,12-14H2,1-3H3. The second-order valence-electron chi connectivity index (χ2n) is 8.04. The van der Waals surface area contributed by atoms with Gasteiger partial charge in [-0.2, -0.15) is 4.98 Å². The molecule has 1 aromatic heterocycles. The van der Waals surface area contributed by atoms with Crippen LogP contribution in [-0.4, -0.2) is 67.1 Å². The van der Waals surface area contributed by atoms with Gasteiger partial charge in [0, 0.05) is 38.3 Å². The molecule has 2 aliphatic rings. The first-order valence-electron chi connectivity index (χ1n) is 10.2. The zero-order chi connectivity index (χ0) is 19.5. The smallest absolute Gasteiger partial charge is 0.324 e. The summed E-state index contributed by atoms with van der Waals surface area (Å²) < 4.78 is 16.7. The van der Waals surface area contributed by atoms with Gasteiger partial charge >= 0.3 is 6.01 Å². The maximum absolute atomic E-state index is 5.85. The average Bonchev–Trinajstić information content (AvgIpc) is 3.18. The van der Waals surface area contributed by atoms with Crippen molar-refractivity contribution in [3.05, 3.63) is 24.3 Å². The highest BCUT2D eigenvalue weighted by Crippen LogP contribution is 2.27. The van der Waals surface area contributed by atoms with Gasteiger partial charge in [-0.05, 0) is 44.7 Å². The van der Waals surface area contributed by atoms with E-state index < -0.39 is 0 Å². The van der Waals surface area contributed by atoms with E-state index in [9.17, 15) is 0 Å². The number of aromatic nitrogens is 2. The summed E-state index contributed by atoms with van der Waals surface area (Å²) in [6, 6.07) is 8.34. The minimum atomic E-state index is 0.331. The van der Waals surface area contributed by atoms with Crippen LogP contribution in [0.15, 0.2) is 28.8 Å². The number of ether oxygens (including phenoxy) is 2. The molecule has 2 fully saturated rings. The Morgan fingerprint density at radius 3 is 2.61 bits per heavy atom. The van der Waals surface area contributed by atoms with Crippen LogP contribution in [0.1, 0.15) is 26.7 Å². The lowest BCUT2D eigenvalue weighted by molar-refractivity contribution is -0.0720. The molecule has 7 heteroatoms. The van der Waals surface area contributed by atoms with E-state index in [-0.39, 0.29) is 0 Å². The summed E-state index contributed by atoms with van der Waals surface area (Å²) in [4.78, 5) is 9.37. The Labute approximate surface area is 166 Å². The van der Waals surface area contributed by atoms with Crippen LogP contribution >= 0.6 is 0 Å². The molecule has 0 aliphatic carbocycles. The highest BCUT2D eigenvalue weighted by Gasteiger charge is 2.28. The molecule has 2 unspecified atom stereocenters. The van der Waals surface area contributed by atoms with E-state index in [1.165, 1.54) is 0 Å². The maximum atomic E-state index is 5.85. The first-order valence-corrected chi connectivity index (χ1v) is 10.2. The molecule has 7 nitrogen and oxygen atoms in total. The monoisotopic (exact) mass is 386 g/mol. The molecule has 0 saturated carbocycles. The Morgan fingerprint density at radius 1 is 1.14 bits per heavy atom. The number of nitrogens with zero attached hydrogens (tertiary/aromatic N) is 4. The lowest BCUT2D eigenvalue weighted by Gasteiger charge is -2.39. The third-order valence-electron chi connectivity index (χ3n) is 5.64. The molecule has 0 N–H and O–H groups in total. The molecule has 4 rings (SSSR count). The number of methoxy groups -OCH3 is 1. The number of benzene rings is 1. The largest absolute Gasteiger partial charge is 0.497 e. The van der Waals surface area contributed by atoms with Gasteiger partial charge in [-0.15, -0.1) is 0 Å². The first kappa shape index (κ1) is 19.2. The van der Waals surface area contributed by atoms with Gasteiger partial charge < -0.3 is 18.9 Å². The summed E-state index contributed by atoms with van der Waals surface area (Å²) in [6.07, 6.45) is 2.96. The van der Waals surface area contributed by atoms with Crippen molar-refractivity contribution in [2.75, 3.05) is 44.7 Å². The van der Waals surface area contributed by atoms with Crippen LogP contribution in [0, 0.1) is 5.92 Å². The average molecular weight is 386 g/mol. The third kappa shape index (κ3) is 4.47. The van der Waals surface area contributed by atoms with Crippen LogP contribution in [0.25, 0.3) is 11.4 Å². The molecule has 0 amide bonds. The van der Waals surface area contributed by atoms with E-state index in [0.717, 1.165) is 62.8 Å². The van der Waals surface area contributed by atoms with Crippen molar-refractivity contribution in [3.8, 4) is 17.1 Å². The first-order chi connectivity index (χ1) is 13.6. The maximum Gasteiger partial charge on any atom is 0.324 e. The van der Waals surface area contributed by atoms with E-state index in [2.05, 4.69) is 33.8 Å². The Kier molecular flexibility index (Phi) is 5.82. The molecule has 2 saturated heterocycles. The number of hydrogen-bond donors (Lipinski definition) is 0. The van der Waals surface area contributed by atoms with Crippen LogP contribution in [0.3, 0.4) is 0 Å². The normalized spacial score (nSPS) is 24.5. The third-order valence-corrected chi connectivity index (χ3v) is 5.64. The molecule has 0 bridgehead atoms. The van der Waals surface area contributed by atoms with Gasteiger partial charge in [0.2, 0.25) is 5.82 Å². The molecular weight excluding hydrogens is 356 g/mol. The van der Waals surface area contributed by atoms with E-state index in [4.69, 9.17) is 14.0 Å². The molecule has 2 atom stereocenters. The van der Waals surface area contributed by atoms with Gasteiger partial charge in [-0.1, -0.05) is 17.3 Å². The highest BCUT2D eigenvalue weighted by atomic mass is 16.5. The van der Waals surface area contributed by atoms with Crippen LogP contribution < -0.4 is 9.64 Å². The van der Waals surface area contributed by atoms with Crippen LogP contribution in [0.5, 0.6) is 5.75 Å². The minimum Gasteiger partial charge on any atom is -0.497 e. The van der Waals surface area contributed by atoms with E-state index in [0.29, 0.717) is 24.0 Å². The van der Waals surface area contributed by atoms with E-state index in [1.807, 2.05) is 24.3 Å². The fraction of sp³-hybridized carbons (Fsp3) is 0.619. The Bertz CT molecular complexity index is 763. The number of hydrogen-bond acceptors (Lipinski definition) is 7. The van der Waals surface area contributed by atoms with Crippen molar-refractivity contribution in [2.45, 2.75) is 38.9 Å². The van der Waals surface area contributed by atoms with Gasteiger partial charge in [-0.3, -0.25) is 4.90 Å². The van der Waals surface area contributed by atoms with Crippen molar-refractivity contribution >= 4 is 6.01 Å². The van der Waals surface area contributed by atoms with Crippen molar-refractivity contribution in [2.24, 2.45) is 5.92 Å². The van der Waals surface area contributed by atoms with Gasteiger partial charge in [-0.25, -0.2) is 0 Å². The van der Waals surface area contributed by atoms with Gasteiger partial charge in [0.05, 0.1) is 19.3 Å². The van der Waals surface area contributed by atoms with Crippen molar-refractivity contribution < 1.29 is 14.0 Å². The zero-order valence-electron chi connectivity index (χ0n) is 17.0. The lowest BCUT2D eigenvalue weighted by atomic mass is 9.96. The molecule has 0 spiro atoms. The Morgan fingerprint density at radius 2 is 1.89 bits per heavy atom. The van der Waals surface area contributed by atoms with Gasteiger partial charge in [0.15, 0.2) is 0 Å².